The summed E-state index contributed by atoms with van der Waals surface area (Å²) in [5.74, 6) is -1.12. The van der Waals surface area contributed by atoms with Crippen molar-refractivity contribution in [2.75, 3.05) is 0 Å². The first kappa shape index (κ1) is 12.8. The van der Waals surface area contributed by atoms with Gasteiger partial charge in [-0.1, -0.05) is 0 Å². The summed E-state index contributed by atoms with van der Waals surface area (Å²) in [6.07, 6.45) is -2.94. The molecule has 1 aromatic heterocycles. The highest BCUT2D eigenvalue weighted by Crippen LogP contribution is 2.23. The SMILES string of the molecule is Cc1cc(C(F)F)nc(CCl)c1CC(=O)O. The number of hydrogen-bond acceptors (Lipinski definition) is 2. The molecule has 1 N–H and O–H groups in total. The maximum absolute atomic E-state index is 12.4. The van der Waals surface area contributed by atoms with Crippen molar-refractivity contribution in [1.29, 1.82) is 0 Å². The molecule has 0 spiro atoms. The van der Waals surface area contributed by atoms with Crippen molar-refractivity contribution < 1.29 is 18.7 Å². The number of carboxylic acids is 1. The largest absolute Gasteiger partial charge is 0.481 e. The van der Waals surface area contributed by atoms with Gasteiger partial charge < -0.3 is 5.11 Å². The molecule has 0 atom stereocenters. The first-order chi connectivity index (χ1) is 7.45. The summed E-state index contributed by atoms with van der Waals surface area (Å²) in [4.78, 5) is 14.2. The minimum absolute atomic E-state index is 0.0794. The van der Waals surface area contributed by atoms with E-state index in [0.29, 0.717) is 11.1 Å². The van der Waals surface area contributed by atoms with Crippen molar-refractivity contribution in [2.45, 2.75) is 25.7 Å². The molecule has 0 amide bonds. The van der Waals surface area contributed by atoms with Crippen molar-refractivity contribution in [3.63, 3.8) is 0 Å². The number of carboxylic acid groups (broad SMARTS) is 1. The van der Waals surface area contributed by atoms with E-state index >= 15 is 0 Å². The fourth-order valence-electron chi connectivity index (χ4n) is 1.41. The second-order valence-electron chi connectivity index (χ2n) is 3.29. The van der Waals surface area contributed by atoms with Crippen LogP contribution in [0.3, 0.4) is 0 Å². The van der Waals surface area contributed by atoms with Gasteiger partial charge in [0, 0.05) is 0 Å². The minimum Gasteiger partial charge on any atom is -0.481 e. The molecular weight excluding hydrogens is 240 g/mol. The van der Waals surface area contributed by atoms with Crippen LogP contribution < -0.4 is 0 Å². The van der Waals surface area contributed by atoms with Gasteiger partial charge in [0.2, 0.25) is 0 Å². The highest BCUT2D eigenvalue weighted by molar-refractivity contribution is 6.17. The molecule has 0 aromatic carbocycles. The Morgan fingerprint density at radius 2 is 2.25 bits per heavy atom. The number of nitrogens with zero attached hydrogens (tertiary/aromatic N) is 1. The Morgan fingerprint density at radius 1 is 1.62 bits per heavy atom. The summed E-state index contributed by atoms with van der Waals surface area (Å²) in [5.41, 5.74) is 0.719. The first-order valence-corrected chi connectivity index (χ1v) is 5.04. The molecule has 0 aliphatic carbocycles. The molecule has 1 rings (SSSR count). The van der Waals surface area contributed by atoms with Gasteiger partial charge in [-0.25, -0.2) is 8.78 Å². The molecule has 88 valence electrons. The number of aryl methyl sites for hydroxylation is 1. The molecule has 0 aliphatic rings. The van der Waals surface area contributed by atoms with E-state index in [-0.39, 0.29) is 23.7 Å². The monoisotopic (exact) mass is 249 g/mol. The molecule has 0 bridgehead atoms. The lowest BCUT2D eigenvalue weighted by Crippen LogP contribution is -2.08. The number of halogens is 3. The smallest absolute Gasteiger partial charge is 0.307 e. The minimum atomic E-state index is -2.68. The average Bonchev–Trinajstić information content (AvgIpc) is 2.19. The van der Waals surface area contributed by atoms with Crippen molar-refractivity contribution in [3.8, 4) is 0 Å². The molecule has 1 heterocycles. The molecule has 0 radical (unpaired) electrons. The van der Waals surface area contributed by atoms with Crippen LogP contribution in [0.4, 0.5) is 8.78 Å². The molecule has 16 heavy (non-hydrogen) atoms. The zero-order valence-corrected chi connectivity index (χ0v) is 9.26. The fraction of sp³-hybridized carbons (Fsp3) is 0.400. The third-order valence-corrected chi connectivity index (χ3v) is 2.38. The molecular formula is C10H10ClF2NO2. The van der Waals surface area contributed by atoms with Gasteiger partial charge in [-0.2, -0.15) is 0 Å². The van der Waals surface area contributed by atoms with Gasteiger partial charge in [-0.15, -0.1) is 11.6 Å². The van der Waals surface area contributed by atoms with E-state index in [4.69, 9.17) is 16.7 Å². The van der Waals surface area contributed by atoms with Crippen molar-refractivity contribution in [1.82, 2.24) is 4.98 Å². The van der Waals surface area contributed by atoms with E-state index < -0.39 is 12.4 Å². The lowest BCUT2D eigenvalue weighted by molar-refractivity contribution is -0.136. The van der Waals surface area contributed by atoms with Crippen LogP contribution in [0, 0.1) is 6.92 Å². The predicted molar refractivity (Wildman–Crippen MR) is 54.8 cm³/mol. The Kier molecular flexibility index (Phi) is 4.18. The third-order valence-electron chi connectivity index (χ3n) is 2.13. The Balaban J connectivity index is 3.22. The molecule has 0 saturated heterocycles. The van der Waals surface area contributed by atoms with E-state index in [2.05, 4.69) is 4.98 Å². The Bertz CT molecular complexity index is 410. The third kappa shape index (κ3) is 2.88. The lowest BCUT2D eigenvalue weighted by Gasteiger charge is -2.10. The molecule has 3 nitrogen and oxygen atoms in total. The Morgan fingerprint density at radius 3 is 2.69 bits per heavy atom. The van der Waals surface area contributed by atoms with Crippen LogP contribution in [-0.2, 0) is 17.1 Å². The number of rotatable bonds is 4. The Hall–Kier alpha value is -1.23. The molecule has 0 saturated carbocycles. The summed E-state index contributed by atoms with van der Waals surface area (Å²) in [6, 6.07) is 1.19. The molecule has 6 heteroatoms. The van der Waals surface area contributed by atoms with Crippen LogP contribution in [0.25, 0.3) is 0 Å². The molecule has 0 fully saturated rings. The summed E-state index contributed by atoms with van der Waals surface area (Å²) < 4.78 is 24.9. The van der Waals surface area contributed by atoms with Gasteiger partial charge in [-0.3, -0.25) is 9.78 Å². The van der Waals surface area contributed by atoms with Crippen molar-refractivity contribution >= 4 is 17.6 Å². The molecule has 0 aliphatic heterocycles. The average molecular weight is 250 g/mol. The normalized spacial score (nSPS) is 10.8. The van der Waals surface area contributed by atoms with E-state index in [1.165, 1.54) is 6.07 Å². The van der Waals surface area contributed by atoms with E-state index in [0.717, 1.165) is 0 Å². The van der Waals surface area contributed by atoms with Gasteiger partial charge in [0.1, 0.15) is 5.69 Å². The van der Waals surface area contributed by atoms with Crippen molar-refractivity contribution in [2.24, 2.45) is 0 Å². The van der Waals surface area contributed by atoms with Crippen LogP contribution in [0.15, 0.2) is 6.07 Å². The summed E-state index contributed by atoms with van der Waals surface area (Å²) in [6.45, 7) is 1.57. The maximum Gasteiger partial charge on any atom is 0.307 e. The Labute approximate surface area is 96.1 Å². The number of aromatic nitrogens is 1. The molecule has 1 aromatic rings. The zero-order chi connectivity index (χ0) is 12.3. The lowest BCUT2D eigenvalue weighted by atomic mass is 10.0. The summed E-state index contributed by atoms with van der Waals surface area (Å²) >= 11 is 5.56. The highest BCUT2D eigenvalue weighted by Gasteiger charge is 2.16. The highest BCUT2D eigenvalue weighted by atomic mass is 35.5. The topological polar surface area (TPSA) is 50.2 Å². The maximum atomic E-state index is 12.4. The standard InChI is InChI=1S/C10H10ClF2NO2/c1-5-2-7(10(12)13)14-8(4-11)6(5)3-9(15)16/h2,10H,3-4H2,1H3,(H,15,16). The number of hydrogen-bond donors (Lipinski definition) is 1. The predicted octanol–water partition coefficient (Wildman–Crippen LogP) is 2.69. The molecule has 0 unspecified atom stereocenters. The fourth-order valence-corrected chi connectivity index (χ4v) is 1.63. The number of alkyl halides is 3. The summed E-state index contributed by atoms with van der Waals surface area (Å²) in [5, 5.41) is 8.67. The number of aliphatic carboxylic acids is 1. The zero-order valence-electron chi connectivity index (χ0n) is 8.51. The van der Waals surface area contributed by atoms with Crippen molar-refractivity contribution in [3.05, 3.63) is 28.6 Å². The van der Waals surface area contributed by atoms with Crippen LogP contribution in [0.5, 0.6) is 0 Å². The number of pyridine rings is 1. The quantitative estimate of drug-likeness (QED) is 0.835. The van der Waals surface area contributed by atoms with Crippen LogP contribution in [-0.4, -0.2) is 16.1 Å². The van der Waals surface area contributed by atoms with Gasteiger partial charge in [0.15, 0.2) is 0 Å². The van der Waals surface area contributed by atoms with E-state index in [1.54, 1.807) is 6.92 Å². The van der Waals surface area contributed by atoms with Gasteiger partial charge in [-0.05, 0) is 24.1 Å². The second-order valence-corrected chi connectivity index (χ2v) is 3.56. The van der Waals surface area contributed by atoms with Crippen LogP contribution in [0.1, 0.15) is 28.9 Å². The van der Waals surface area contributed by atoms with Gasteiger partial charge in [0.05, 0.1) is 18.0 Å². The van der Waals surface area contributed by atoms with Gasteiger partial charge in [0.25, 0.3) is 6.43 Å². The van der Waals surface area contributed by atoms with Gasteiger partial charge >= 0.3 is 5.97 Å². The van der Waals surface area contributed by atoms with E-state index in [9.17, 15) is 13.6 Å². The van der Waals surface area contributed by atoms with E-state index in [1.807, 2.05) is 0 Å². The van der Waals surface area contributed by atoms with Crippen LogP contribution >= 0.6 is 11.6 Å². The first-order valence-electron chi connectivity index (χ1n) is 4.51. The van der Waals surface area contributed by atoms with Crippen LogP contribution in [0.2, 0.25) is 0 Å². The number of carbonyl (C=O) groups is 1. The second kappa shape index (κ2) is 5.21. The summed E-state index contributed by atoms with van der Waals surface area (Å²) in [7, 11) is 0.